The van der Waals surface area contributed by atoms with Gasteiger partial charge in [-0.2, -0.15) is 5.10 Å². The van der Waals surface area contributed by atoms with Gasteiger partial charge in [-0.05, 0) is 34.5 Å². The Balaban J connectivity index is 1.47. The summed E-state index contributed by atoms with van der Waals surface area (Å²) in [4.78, 5) is 0. The first-order chi connectivity index (χ1) is 14.8. The average Bonchev–Trinajstić information content (AvgIpc) is 3.24. The van der Waals surface area contributed by atoms with Gasteiger partial charge in [0.25, 0.3) is 0 Å². The van der Waals surface area contributed by atoms with Crippen LogP contribution in [-0.4, -0.2) is 10.7 Å². The number of nitrogens with zero attached hydrogens (tertiary/aromatic N) is 2. The summed E-state index contributed by atoms with van der Waals surface area (Å²) in [5.41, 5.74) is 4.32. The van der Waals surface area contributed by atoms with E-state index in [-0.39, 0.29) is 12.3 Å². The Labute approximate surface area is 180 Å². The van der Waals surface area contributed by atoms with E-state index in [1.54, 1.807) is 0 Å². The molecule has 4 aromatic carbocycles. The van der Waals surface area contributed by atoms with E-state index in [0.717, 1.165) is 29.0 Å². The highest BCUT2D eigenvalue weighted by molar-refractivity contribution is 6.31. The van der Waals surface area contributed by atoms with Crippen molar-refractivity contribution in [2.45, 2.75) is 18.7 Å². The summed E-state index contributed by atoms with van der Waals surface area (Å²) >= 11 is 6.54. The van der Waals surface area contributed by atoms with Gasteiger partial charge in [0.1, 0.15) is 5.75 Å². The van der Waals surface area contributed by atoms with Crippen LogP contribution in [0.25, 0.3) is 10.8 Å². The molecule has 2 aliphatic heterocycles. The van der Waals surface area contributed by atoms with Crippen LogP contribution in [0.5, 0.6) is 5.75 Å². The number of halogens is 1. The lowest BCUT2D eigenvalue weighted by atomic mass is 9.95. The molecule has 6 rings (SSSR count). The molecule has 4 heteroatoms. The van der Waals surface area contributed by atoms with E-state index >= 15 is 0 Å². The standard InChI is InChI=1S/C26H19ClN2O/c27-22-11-5-3-9-20(22)26-29-24(21-10-4-6-12-25(21)30-26)16-23(28-29)19-14-13-17-7-1-2-8-18(17)15-19/h1-15,24,26H,16H2/t24-,26+/m1/s1. The zero-order valence-corrected chi connectivity index (χ0v) is 17.0. The summed E-state index contributed by atoms with van der Waals surface area (Å²) in [6.45, 7) is 0. The van der Waals surface area contributed by atoms with Crippen molar-refractivity contribution in [2.75, 3.05) is 0 Å². The fourth-order valence-corrected chi connectivity index (χ4v) is 4.69. The maximum Gasteiger partial charge on any atom is 0.215 e. The van der Waals surface area contributed by atoms with E-state index in [1.807, 2.05) is 36.4 Å². The zero-order valence-electron chi connectivity index (χ0n) is 16.2. The lowest BCUT2D eigenvalue weighted by Gasteiger charge is -2.38. The minimum absolute atomic E-state index is 0.123. The quantitative estimate of drug-likeness (QED) is 0.365. The van der Waals surface area contributed by atoms with Crippen molar-refractivity contribution >= 4 is 28.1 Å². The zero-order chi connectivity index (χ0) is 20.1. The number of benzene rings is 4. The normalized spacial score (nSPS) is 19.8. The van der Waals surface area contributed by atoms with Crippen molar-refractivity contribution in [3.8, 4) is 5.75 Å². The third-order valence-electron chi connectivity index (χ3n) is 5.95. The topological polar surface area (TPSA) is 24.8 Å². The molecule has 0 spiro atoms. The maximum absolute atomic E-state index is 6.54. The molecule has 0 unspecified atom stereocenters. The fraction of sp³-hybridized carbons (Fsp3) is 0.115. The van der Waals surface area contributed by atoms with Gasteiger partial charge in [0, 0.05) is 22.6 Å². The van der Waals surface area contributed by atoms with Crippen LogP contribution in [0.4, 0.5) is 0 Å². The Kier molecular flexibility index (Phi) is 4.03. The molecule has 146 valence electrons. The lowest BCUT2D eigenvalue weighted by molar-refractivity contribution is -0.0189. The summed E-state index contributed by atoms with van der Waals surface area (Å²) in [7, 11) is 0. The number of hydrazone groups is 1. The smallest absolute Gasteiger partial charge is 0.215 e. The van der Waals surface area contributed by atoms with Crippen molar-refractivity contribution in [1.82, 2.24) is 5.01 Å². The molecule has 0 saturated heterocycles. The number of hydrogen-bond donors (Lipinski definition) is 0. The third kappa shape index (κ3) is 2.78. The highest BCUT2D eigenvalue weighted by Crippen LogP contribution is 2.48. The second kappa shape index (κ2) is 6.89. The van der Waals surface area contributed by atoms with E-state index in [9.17, 15) is 0 Å². The van der Waals surface area contributed by atoms with Crippen LogP contribution in [0, 0.1) is 0 Å². The third-order valence-corrected chi connectivity index (χ3v) is 6.30. The average molecular weight is 411 g/mol. The van der Waals surface area contributed by atoms with Crippen LogP contribution in [0.2, 0.25) is 5.02 Å². The van der Waals surface area contributed by atoms with Gasteiger partial charge in [-0.25, -0.2) is 5.01 Å². The number of rotatable bonds is 2. The van der Waals surface area contributed by atoms with Crippen molar-refractivity contribution in [3.63, 3.8) is 0 Å². The van der Waals surface area contributed by atoms with Crippen molar-refractivity contribution in [1.29, 1.82) is 0 Å². The minimum atomic E-state index is -0.350. The number of fused-ring (bicyclic) bond motifs is 4. The van der Waals surface area contributed by atoms with Gasteiger partial charge < -0.3 is 4.74 Å². The molecule has 0 fully saturated rings. The van der Waals surface area contributed by atoms with E-state index in [2.05, 4.69) is 59.6 Å². The van der Waals surface area contributed by atoms with E-state index < -0.39 is 0 Å². The summed E-state index contributed by atoms with van der Waals surface area (Å²) in [5.74, 6) is 0.902. The van der Waals surface area contributed by atoms with E-state index in [1.165, 1.54) is 16.3 Å². The van der Waals surface area contributed by atoms with Crippen molar-refractivity contribution < 1.29 is 4.74 Å². The predicted octanol–water partition coefficient (Wildman–Crippen LogP) is 6.74. The minimum Gasteiger partial charge on any atom is -0.464 e. The Morgan fingerprint density at radius 1 is 0.800 bits per heavy atom. The second-order valence-electron chi connectivity index (χ2n) is 7.74. The molecular weight excluding hydrogens is 392 g/mol. The monoisotopic (exact) mass is 410 g/mol. The van der Waals surface area contributed by atoms with Crippen LogP contribution in [-0.2, 0) is 0 Å². The van der Waals surface area contributed by atoms with Gasteiger partial charge in [0.05, 0.1) is 11.8 Å². The molecule has 0 amide bonds. The first-order valence-electron chi connectivity index (χ1n) is 10.1. The number of ether oxygens (including phenoxy) is 1. The summed E-state index contributed by atoms with van der Waals surface area (Å²) in [6, 6.07) is 31.2. The highest BCUT2D eigenvalue weighted by Gasteiger charge is 2.41. The molecule has 0 saturated carbocycles. The largest absolute Gasteiger partial charge is 0.464 e. The lowest BCUT2D eigenvalue weighted by Crippen LogP contribution is -2.33. The van der Waals surface area contributed by atoms with Gasteiger partial charge in [0.15, 0.2) is 0 Å². The van der Waals surface area contributed by atoms with Crippen LogP contribution in [0.15, 0.2) is 96.1 Å². The molecule has 2 aliphatic rings. The molecule has 2 atom stereocenters. The first kappa shape index (κ1) is 17.5. The first-order valence-corrected chi connectivity index (χ1v) is 10.5. The molecule has 0 aromatic heterocycles. The molecule has 0 radical (unpaired) electrons. The van der Waals surface area contributed by atoms with E-state index in [0.29, 0.717) is 5.02 Å². The summed E-state index contributed by atoms with van der Waals surface area (Å²) in [6.07, 6.45) is 0.483. The highest BCUT2D eigenvalue weighted by atomic mass is 35.5. The second-order valence-corrected chi connectivity index (χ2v) is 8.15. The van der Waals surface area contributed by atoms with Gasteiger partial charge in [-0.15, -0.1) is 0 Å². The molecule has 4 aromatic rings. The Hall–Kier alpha value is -3.30. The van der Waals surface area contributed by atoms with Crippen molar-refractivity contribution in [2.24, 2.45) is 5.10 Å². The molecule has 0 N–H and O–H groups in total. The van der Waals surface area contributed by atoms with Crippen LogP contribution < -0.4 is 4.74 Å². The van der Waals surface area contributed by atoms with Gasteiger partial charge >= 0.3 is 0 Å². The molecule has 2 heterocycles. The Morgan fingerprint density at radius 2 is 1.53 bits per heavy atom. The van der Waals surface area contributed by atoms with Crippen molar-refractivity contribution in [3.05, 3.63) is 113 Å². The number of para-hydroxylation sites is 1. The molecule has 0 bridgehead atoms. The van der Waals surface area contributed by atoms with Gasteiger partial charge in [-0.1, -0.05) is 84.4 Å². The molecule has 0 aliphatic carbocycles. The maximum atomic E-state index is 6.54. The van der Waals surface area contributed by atoms with Crippen LogP contribution in [0.1, 0.15) is 35.4 Å². The SMILES string of the molecule is Clc1ccccc1[C@@H]1Oc2ccccc2[C@H]2CC(c3ccc4ccccc4c3)=NN21. The fourth-order valence-electron chi connectivity index (χ4n) is 4.46. The molecular formula is C26H19ClN2O. The van der Waals surface area contributed by atoms with E-state index in [4.69, 9.17) is 21.4 Å². The van der Waals surface area contributed by atoms with Crippen LogP contribution in [0.3, 0.4) is 0 Å². The summed E-state index contributed by atoms with van der Waals surface area (Å²) < 4.78 is 6.40. The molecule has 30 heavy (non-hydrogen) atoms. The number of hydrogen-bond acceptors (Lipinski definition) is 3. The Morgan fingerprint density at radius 3 is 2.40 bits per heavy atom. The van der Waals surface area contributed by atoms with Gasteiger partial charge in [0.2, 0.25) is 6.23 Å². The predicted molar refractivity (Wildman–Crippen MR) is 121 cm³/mol. The van der Waals surface area contributed by atoms with Gasteiger partial charge in [-0.3, -0.25) is 0 Å². The Bertz CT molecular complexity index is 1300. The van der Waals surface area contributed by atoms with Crippen LogP contribution >= 0.6 is 11.6 Å². The molecule has 3 nitrogen and oxygen atoms in total. The summed E-state index contributed by atoms with van der Waals surface area (Å²) in [5, 5.41) is 10.3.